The third kappa shape index (κ3) is 7.67. The Morgan fingerprint density at radius 2 is 0.909 bits per heavy atom. The summed E-state index contributed by atoms with van der Waals surface area (Å²) in [6.07, 6.45) is -0.0528. The largest absolute Gasteiger partial charge is 0.408 e. The molecular weight excluding hydrogens is 577 g/mol. The fourth-order valence-electron chi connectivity index (χ4n) is 6.30. The number of benzene rings is 2. The first-order valence-electron chi connectivity index (χ1n) is 16.8. The van der Waals surface area contributed by atoms with Gasteiger partial charge in [-0.05, 0) is 61.2 Å². The highest BCUT2D eigenvalue weighted by Gasteiger charge is 2.48. The average molecular weight is 637 g/mol. The van der Waals surface area contributed by atoms with Gasteiger partial charge in [-0.15, -0.1) is 0 Å². The summed E-state index contributed by atoms with van der Waals surface area (Å²) in [5.41, 5.74) is 2.46. The molecular formula is C37H60N2O3Si2. The molecule has 4 atom stereocenters. The Labute approximate surface area is 271 Å². The third-order valence-corrected chi connectivity index (χ3v) is 20.3. The molecule has 0 aliphatic carbocycles. The number of fused-ring (bicyclic) bond motifs is 2. The summed E-state index contributed by atoms with van der Waals surface area (Å²) in [6.45, 7) is 31.0. The van der Waals surface area contributed by atoms with Crippen molar-refractivity contribution in [3.63, 3.8) is 0 Å². The van der Waals surface area contributed by atoms with Crippen LogP contribution in [-0.2, 0) is 13.6 Å². The number of Topliss-reactive ketones (excluding diaryl/α,β-unsaturated/α-hetero) is 1. The fourth-order valence-corrected chi connectivity index (χ4v) is 8.94. The van der Waals surface area contributed by atoms with Gasteiger partial charge < -0.3 is 8.85 Å². The first-order chi connectivity index (χ1) is 20.3. The van der Waals surface area contributed by atoms with Crippen LogP contribution in [0.25, 0.3) is 0 Å². The zero-order valence-corrected chi connectivity index (χ0v) is 31.7. The topological polar surface area (TPSA) is 42.0 Å². The molecule has 2 bridgehead atoms. The Balaban J connectivity index is 1.56. The van der Waals surface area contributed by atoms with Gasteiger partial charge in [0, 0.05) is 50.1 Å². The molecule has 0 radical (unpaired) electrons. The van der Waals surface area contributed by atoms with Crippen LogP contribution in [0.2, 0.25) is 36.3 Å². The summed E-state index contributed by atoms with van der Waals surface area (Å²) >= 11 is 0. The normalized spacial score (nSPS) is 23.7. The number of hydrogen-bond acceptors (Lipinski definition) is 5. The minimum absolute atomic E-state index is 0.000916. The van der Waals surface area contributed by atoms with Gasteiger partial charge in [0.1, 0.15) is 5.78 Å². The molecule has 0 aromatic heterocycles. The molecule has 244 valence electrons. The van der Waals surface area contributed by atoms with E-state index < -0.39 is 16.6 Å². The zero-order chi connectivity index (χ0) is 32.7. The highest BCUT2D eigenvalue weighted by Crippen LogP contribution is 2.44. The Morgan fingerprint density at radius 1 is 0.614 bits per heavy atom. The van der Waals surface area contributed by atoms with Crippen LogP contribution in [0.15, 0.2) is 60.7 Å². The fraction of sp³-hybridized carbons (Fsp3) is 0.649. The van der Waals surface area contributed by atoms with E-state index in [0.717, 1.165) is 26.2 Å². The molecule has 2 aliphatic rings. The first-order valence-corrected chi connectivity index (χ1v) is 22.6. The van der Waals surface area contributed by atoms with E-state index in [9.17, 15) is 4.79 Å². The van der Waals surface area contributed by atoms with Crippen molar-refractivity contribution in [1.29, 1.82) is 0 Å². The van der Waals surface area contributed by atoms with E-state index >= 15 is 0 Å². The average Bonchev–Trinajstić information content (AvgIpc) is 2.93. The van der Waals surface area contributed by atoms with Crippen LogP contribution in [-0.4, -0.2) is 70.5 Å². The molecule has 7 heteroatoms. The van der Waals surface area contributed by atoms with Crippen LogP contribution < -0.4 is 0 Å². The molecule has 0 saturated carbocycles. The number of piperidine rings is 2. The SMILES string of the molecule is C[C@@H]([C@H](O[Si](C)(C)C(C)(C)C)c1ccccc1)N1CC2CN([C@@H](C)[C@H](O[Si](C)(C)C(C)(C)C)c3ccccc3)CC(C1)C2=O. The van der Waals surface area contributed by atoms with Gasteiger partial charge in [0.05, 0.1) is 12.2 Å². The maximum Gasteiger partial charge on any atom is 0.192 e. The van der Waals surface area contributed by atoms with Crippen LogP contribution in [0, 0.1) is 11.8 Å². The minimum atomic E-state index is -2.04. The molecule has 4 rings (SSSR count). The highest BCUT2D eigenvalue weighted by molar-refractivity contribution is 6.74. The molecule has 2 fully saturated rings. The van der Waals surface area contributed by atoms with Crippen LogP contribution in [0.3, 0.4) is 0 Å². The van der Waals surface area contributed by atoms with Crippen molar-refractivity contribution in [2.75, 3.05) is 26.2 Å². The molecule has 0 spiro atoms. The first kappa shape index (κ1) is 35.2. The predicted octanol–water partition coefficient (Wildman–Crippen LogP) is 8.72. The van der Waals surface area contributed by atoms with Crippen molar-refractivity contribution in [3.05, 3.63) is 71.8 Å². The molecule has 0 amide bonds. The Hall–Kier alpha value is -1.62. The molecule has 2 aliphatic heterocycles. The van der Waals surface area contributed by atoms with E-state index in [1.807, 2.05) is 0 Å². The number of carbonyl (C=O) groups excluding carboxylic acids is 1. The molecule has 5 nitrogen and oxygen atoms in total. The summed E-state index contributed by atoms with van der Waals surface area (Å²) < 4.78 is 14.3. The van der Waals surface area contributed by atoms with Gasteiger partial charge in [-0.1, -0.05) is 102 Å². The number of likely N-dealkylation sites (tertiary alicyclic amines) is 2. The van der Waals surface area contributed by atoms with Gasteiger partial charge in [0.2, 0.25) is 0 Å². The molecule has 44 heavy (non-hydrogen) atoms. The van der Waals surface area contributed by atoms with Gasteiger partial charge in [0.15, 0.2) is 16.6 Å². The van der Waals surface area contributed by atoms with Crippen molar-refractivity contribution in [2.45, 2.75) is 116 Å². The summed E-state index contributed by atoms with van der Waals surface area (Å²) in [5, 5.41) is 0.235. The summed E-state index contributed by atoms with van der Waals surface area (Å²) in [4.78, 5) is 18.8. The van der Waals surface area contributed by atoms with Gasteiger partial charge in [-0.25, -0.2) is 0 Å². The van der Waals surface area contributed by atoms with Gasteiger partial charge in [-0.3, -0.25) is 14.6 Å². The minimum Gasteiger partial charge on any atom is -0.408 e. The van der Waals surface area contributed by atoms with E-state index in [2.05, 4.69) is 152 Å². The van der Waals surface area contributed by atoms with Crippen molar-refractivity contribution >= 4 is 22.4 Å². The Bertz CT molecular complexity index is 1130. The second-order valence-electron chi connectivity index (χ2n) is 16.6. The van der Waals surface area contributed by atoms with Crippen molar-refractivity contribution < 1.29 is 13.6 Å². The molecule has 0 N–H and O–H groups in total. The van der Waals surface area contributed by atoms with E-state index in [-0.39, 0.29) is 46.2 Å². The molecule has 0 unspecified atom stereocenters. The Kier molecular flexibility index (Phi) is 10.6. The Morgan fingerprint density at radius 3 is 1.18 bits per heavy atom. The number of carbonyl (C=O) groups is 1. The second kappa shape index (κ2) is 13.2. The number of rotatable bonds is 10. The lowest BCUT2D eigenvalue weighted by molar-refractivity contribution is -0.141. The zero-order valence-electron chi connectivity index (χ0n) is 29.7. The van der Waals surface area contributed by atoms with Gasteiger partial charge in [-0.2, -0.15) is 0 Å². The lowest BCUT2D eigenvalue weighted by Crippen LogP contribution is -2.62. The summed E-state index contributed by atoms with van der Waals surface area (Å²) in [5.74, 6) is 0.446. The highest BCUT2D eigenvalue weighted by atomic mass is 28.4. The molecule has 2 aromatic rings. The van der Waals surface area contributed by atoms with Gasteiger partial charge >= 0.3 is 0 Å². The van der Waals surface area contributed by atoms with Crippen molar-refractivity contribution in [3.8, 4) is 0 Å². The van der Waals surface area contributed by atoms with E-state index in [4.69, 9.17) is 8.85 Å². The molecule has 2 aromatic carbocycles. The predicted molar refractivity (Wildman–Crippen MR) is 189 cm³/mol. The maximum atomic E-state index is 13.6. The number of nitrogens with zero attached hydrogens (tertiary/aromatic N) is 2. The van der Waals surface area contributed by atoms with Crippen LogP contribution in [0.4, 0.5) is 0 Å². The van der Waals surface area contributed by atoms with Crippen molar-refractivity contribution in [1.82, 2.24) is 9.80 Å². The lowest BCUT2D eigenvalue weighted by Gasteiger charge is -2.51. The third-order valence-electron chi connectivity index (χ3n) is 11.4. The summed E-state index contributed by atoms with van der Waals surface area (Å²) in [7, 11) is -4.07. The van der Waals surface area contributed by atoms with Crippen LogP contribution in [0.5, 0.6) is 0 Å². The van der Waals surface area contributed by atoms with Crippen LogP contribution in [0.1, 0.15) is 78.7 Å². The van der Waals surface area contributed by atoms with E-state index in [1.165, 1.54) is 11.1 Å². The molecule has 2 saturated heterocycles. The van der Waals surface area contributed by atoms with Crippen molar-refractivity contribution in [2.24, 2.45) is 11.8 Å². The second-order valence-corrected chi connectivity index (χ2v) is 26.1. The number of ketones is 1. The van der Waals surface area contributed by atoms with Crippen LogP contribution >= 0.6 is 0 Å². The smallest absolute Gasteiger partial charge is 0.192 e. The van der Waals surface area contributed by atoms with E-state index in [0.29, 0.717) is 5.78 Å². The maximum absolute atomic E-state index is 13.6. The quantitative estimate of drug-likeness (QED) is 0.244. The molecule has 2 heterocycles. The summed E-state index contributed by atoms with van der Waals surface area (Å²) in [6, 6.07) is 21.8. The lowest BCUT2D eigenvalue weighted by atomic mass is 9.81. The van der Waals surface area contributed by atoms with E-state index in [1.54, 1.807) is 0 Å². The monoisotopic (exact) mass is 636 g/mol. The standard InChI is InChI=1S/C37H60N2O3Si2/c1-27(34(29-19-15-13-16-20-29)41-43(9,10)36(3,4)5)38-23-31-25-39(26-32(24-38)33(31)40)28(2)35(30-21-17-14-18-22-30)42-44(11,12)37(6,7)8/h13-22,27-28,31-32,34-35H,23-26H2,1-12H3/t27-,28-,31?,32?,34-,35-/m0/s1. The number of hydrogen-bond donors (Lipinski definition) is 0. The van der Waals surface area contributed by atoms with Gasteiger partial charge in [0.25, 0.3) is 0 Å².